The van der Waals surface area contributed by atoms with Crippen molar-refractivity contribution >= 4 is 17.6 Å². The number of hydrogen-bond acceptors (Lipinski definition) is 5. The molecule has 1 fully saturated rings. The lowest BCUT2D eigenvalue weighted by atomic mass is 10.0. The van der Waals surface area contributed by atoms with Gasteiger partial charge in [-0.25, -0.2) is 0 Å². The number of ether oxygens (including phenoxy) is 1. The zero-order valence-corrected chi connectivity index (χ0v) is 19.4. The second-order valence-corrected chi connectivity index (χ2v) is 8.26. The Labute approximate surface area is 189 Å². The maximum Gasteiger partial charge on any atom is 0.239 e. The molecule has 2 aromatic rings. The van der Waals surface area contributed by atoms with Gasteiger partial charge in [-0.15, -0.1) is 0 Å². The molecule has 2 amide bonds. The van der Waals surface area contributed by atoms with Crippen LogP contribution in [0.4, 0.5) is 5.82 Å². The highest BCUT2D eigenvalue weighted by Crippen LogP contribution is 2.30. The van der Waals surface area contributed by atoms with Gasteiger partial charge in [-0.05, 0) is 56.5 Å². The molecular formula is C24H31N5O3. The molecule has 0 spiro atoms. The van der Waals surface area contributed by atoms with Crippen molar-refractivity contribution in [2.45, 2.75) is 39.7 Å². The Balaban J connectivity index is 1.75. The van der Waals surface area contributed by atoms with Crippen molar-refractivity contribution in [1.29, 1.82) is 5.26 Å². The van der Waals surface area contributed by atoms with E-state index in [-0.39, 0.29) is 24.4 Å². The van der Waals surface area contributed by atoms with Gasteiger partial charge >= 0.3 is 0 Å². The van der Waals surface area contributed by atoms with Gasteiger partial charge in [0.05, 0.1) is 19.2 Å². The molecule has 1 aromatic carbocycles. The first kappa shape index (κ1) is 23.4. The molecular weight excluding hydrogens is 406 g/mol. The van der Waals surface area contributed by atoms with Crippen LogP contribution < -0.4 is 10.1 Å². The number of likely N-dealkylation sites (tertiary alicyclic amines) is 1. The number of rotatable bonds is 6. The number of amides is 2. The molecule has 0 saturated carbocycles. The van der Waals surface area contributed by atoms with Crippen LogP contribution in [-0.2, 0) is 9.59 Å². The smallest absolute Gasteiger partial charge is 0.239 e. The first-order chi connectivity index (χ1) is 15.3. The number of piperidine rings is 1. The molecule has 0 bridgehead atoms. The van der Waals surface area contributed by atoms with Crippen LogP contribution >= 0.6 is 0 Å². The summed E-state index contributed by atoms with van der Waals surface area (Å²) >= 11 is 0. The standard InChI is InChI=1S/C24H31N5O3/c1-16-17(2)29(20-6-8-21(32-5)9-7-20)24(22(16)14-25)26-23(31)15-28-12-10-19(11-13-28)27(4)18(3)30/h6-9,19H,10-13,15H2,1-5H3,(H,26,31). The SMILES string of the molecule is COc1ccc(-n2c(C)c(C)c(C#N)c2NC(=O)CN2CCC(N(C)C(C)=O)CC2)cc1. The first-order valence-corrected chi connectivity index (χ1v) is 10.8. The third-order valence-corrected chi connectivity index (χ3v) is 6.38. The number of hydrogen-bond donors (Lipinski definition) is 1. The summed E-state index contributed by atoms with van der Waals surface area (Å²) < 4.78 is 7.14. The van der Waals surface area contributed by atoms with E-state index in [1.54, 1.807) is 18.9 Å². The lowest BCUT2D eigenvalue weighted by Crippen LogP contribution is -2.46. The Morgan fingerprint density at radius 2 is 1.84 bits per heavy atom. The number of anilines is 1. The van der Waals surface area contributed by atoms with Crippen LogP contribution in [0.5, 0.6) is 5.75 Å². The monoisotopic (exact) mass is 437 g/mol. The number of nitrogens with zero attached hydrogens (tertiary/aromatic N) is 4. The highest BCUT2D eigenvalue weighted by atomic mass is 16.5. The second kappa shape index (κ2) is 9.88. The minimum Gasteiger partial charge on any atom is -0.497 e. The normalized spacial score (nSPS) is 14.6. The maximum absolute atomic E-state index is 12.9. The van der Waals surface area contributed by atoms with Gasteiger partial charge in [-0.3, -0.25) is 19.1 Å². The molecule has 1 saturated heterocycles. The highest BCUT2D eigenvalue weighted by molar-refractivity contribution is 5.93. The van der Waals surface area contributed by atoms with Gasteiger partial charge in [-0.2, -0.15) is 5.26 Å². The summed E-state index contributed by atoms with van der Waals surface area (Å²) in [5.41, 5.74) is 3.05. The minimum atomic E-state index is -0.160. The van der Waals surface area contributed by atoms with Gasteiger partial charge in [0, 0.05) is 44.5 Å². The molecule has 3 rings (SSSR count). The quantitative estimate of drug-likeness (QED) is 0.751. The van der Waals surface area contributed by atoms with Gasteiger partial charge in [-0.1, -0.05) is 0 Å². The third kappa shape index (κ3) is 4.78. The summed E-state index contributed by atoms with van der Waals surface area (Å²) in [6, 6.07) is 9.97. The van der Waals surface area contributed by atoms with Crippen molar-refractivity contribution in [2.75, 3.05) is 39.1 Å². The van der Waals surface area contributed by atoms with Crippen molar-refractivity contribution in [1.82, 2.24) is 14.4 Å². The van der Waals surface area contributed by atoms with Gasteiger partial charge in [0.2, 0.25) is 11.8 Å². The number of nitriles is 1. The van der Waals surface area contributed by atoms with E-state index in [2.05, 4.69) is 16.3 Å². The number of aromatic nitrogens is 1. The Morgan fingerprint density at radius 3 is 2.38 bits per heavy atom. The number of benzene rings is 1. The number of nitrogens with one attached hydrogen (secondary N) is 1. The fourth-order valence-electron chi connectivity index (χ4n) is 4.21. The Kier molecular flexibility index (Phi) is 7.21. The minimum absolute atomic E-state index is 0.0651. The summed E-state index contributed by atoms with van der Waals surface area (Å²) in [6.45, 7) is 7.14. The Bertz CT molecular complexity index is 1030. The fourth-order valence-corrected chi connectivity index (χ4v) is 4.21. The van der Waals surface area contributed by atoms with E-state index in [1.807, 2.05) is 49.7 Å². The van der Waals surface area contributed by atoms with E-state index >= 15 is 0 Å². The van der Waals surface area contributed by atoms with Gasteiger partial charge < -0.3 is 15.0 Å². The molecule has 0 radical (unpaired) electrons. The highest BCUT2D eigenvalue weighted by Gasteiger charge is 2.26. The van der Waals surface area contributed by atoms with E-state index < -0.39 is 0 Å². The zero-order valence-electron chi connectivity index (χ0n) is 19.4. The lowest BCUT2D eigenvalue weighted by Gasteiger charge is -2.36. The van der Waals surface area contributed by atoms with Crippen molar-refractivity contribution < 1.29 is 14.3 Å². The average molecular weight is 438 g/mol. The van der Waals surface area contributed by atoms with Crippen molar-refractivity contribution in [3.8, 4) is 17.5 Å². The van der Waals surface area contributed by atoms with Gasteiger partial charge in [0.1, 0.15) is 17.6 Å². The first-order valence-electron chi connectivity index (χ1n) is 10.8. The van der Waals surface area contributed by atoms with Crippen LogP contribution in [0.2, 0.25) is 0 Å². The molecule has 1 aliphatic heterocycles. The molecule has 2 heterocycles. The van der Waals surface area contributed by atoms with Crippen LogP contribution in [0, 0.1) is 25.2 Å². The molecule has 170 valence electrons. The molecule has 1 aliphatic rings. The molecule has 0 aliphatic carbocycles. The molecule has 0 atom stereocenters. The van der Waals surface area contributed by atoms with Gasteiger partial charge in [0.25, 0.3) is 0 Å². The van der Waals surface area contributed by atoms with E-state index in [9.17, 15) is 14.9 Å². The lowest BCUT2D eigenvalue weighted by molar-refractivity contribution is -0.130. The summed E-state index contributed by atoms with van der Waals surface area (Å²) in [4.78, 5) is 28.4. The molecule has 0 unspecified atom stereocenters. The van der Waals surface area contributed by atoms with Crippen molar-refractivity contribution in [3.05, 3.63) is 41.1 Å². The molecule has 8 nitrogen and oxygen atoms in total. The summed E-state index contributed by atoms with van der Waals surface area (Å²) in [7, 11) is 3.44. The Hall–Kier alpha value is -3.31. The van der Waals surface area contributed by atoms with Crippen molar-refractivity contribution in [2.24, 2.45) is 0 Å². The van der Waals surface area contributed by atoms with Crippen molar-refractivity contribution in [3.63, 3.8) is 0 Å². The van der Waals surface area contributed by atoms with Gasteiger partial charge in [0.15, 0.2) is 0 Å². The molecule has 8 heteroatoms. The van der Waals surface area contributed by atoms with E-state index in [0.29, 0.717) is 11.4 Å². The molecule has 1 aromatic heterocycles. The summed E-state index contributed by atoms with van der Waals surface area (Å²) in [5.74, 6) is 1.13. The Morgan fingerprint density at radius 1 is 1.22 bits per heavy atom. The van der Waals surface area contributed by atoms with Crippen LogP contribution in [-0.4, -0.2) is 66.0 Å². The average Bonchev–Trinajstić information content (AvgIpc) is 3.02. The van der Waals surface area contributed by atoms with E-state index in [0.717, 1.165) is 48.6 Å². The maximum atomic E-state index is 12.9. The number of carbonyl (C=O) groups excluding carboxylic acids is 2. The predicted molar refractivity (Wildman–Crippen MR) is 123 cm³/mol. The molecule has 1 N–H and O–H groups in total. The van der Waals surface area contributed by atoms with Crippen LogP contribution in [0.15, 0.2) is 24.3 Å². The number of methoxy groups -OCH3 is 1. The predicted octanol–water partition coefficient (Wildman–Crippen LogP) is 2.86. The third-order valence-electron chi connectivity index (χ3n) is 6.38. The number of carbonyl (C=O) groups is 2. The zero-order chi connectivity index (χ0) is 23.4. The summed E-state index contributed by atoms with van der Waals surface area (Å²) in [5, 5.41) is 12.7. The topological polar surface area (TPSA) is 90.6 Å². The fraction of sp³-hybridized carbons (Fsp3) is 0.458. The van der Waals surface area contributed by atoms with E-state index in [1.165, 1.54) is 0 Å². The van der Waals surface area contributed by atoms with Crippen LogP contribution in [0.1, 0.15) is 36.6 Å². The van der Waals surface area contributed by atoms with E-state index in [4.69, 9.17) is 4.74 Å². The molecule has 32 heavy (non-hydrogen) atoms. The van der Waals surface area contributed by atoms with Crippen LogP contribution in [0.25, 0.3) is 5.69 Å². The largest absolute Gasteiger partial charge is 0.497 e. The summed E-state index contributed by atoms with van der Waals surface area (Å²) in [6.07, 6.45) is 1.68. The van der Waals surface area contributed by atoms with Crippen LogP contribution in [0.3, 0.4) is 0 Å². The second-order valence-electron chi connectivity index (χ2n) is 8.26.